The van der Waals surface area contributed by atoms with E-state index in [0.29, 0.717) is 28.2 Å². The van der Waals surface area contributed by atoms with Crippen molar-refractivity contribution in [3.63, 3.8) is 0 Å². The number of hydrogen-bond acceptors (Lipinski definition) is 9. The Morgan fingerprint density at radius 1 is 1.14 bits per heavy atom. The average Bonchev–Trinajstić information content (AvgIpc) is 3.20. The van der Waals surface area contributed by atoms with Crippen molar-refractivity contribution in [2.24, 2.45) is 0 Å². The number of aromatic nitrogens is 1. The molecule has 0 fully saturated rings. The Balaban J connectivity index is 0.000000623. The molecule has 9 nitrogen and oxygen atoms in total. The van der Waals surface area contributed by atoms with Crippen LogP contribution in [-0.4, -0.2) is 17.6 Å². The molecule has 0 amide bonds. The Morgan fingerprint density at radius 2 is 1.83 bits per heavy atom. The highest BCUT2D eigenvalue weighted by atomic mass is 35.7. The van der Waals surface area contributed by atoms with Crippen LogP contribution in [0.5, 0.6) is 0 Å². The number of carbonyl (C=O) groups excluding carboxylic acids is 1. The molecule has 4 aromatic rings. The van der Waals surface area contributed by atoms with Crippen LogP contribution in [-0.2, 0) is 16.0 Å². The molecule has 2 aromatic carbocycles. The fraction of sp³-hybridized carbons (Fsp3) is 0.174. The van der Waals surface area contributed by atoms with Gasteiger partial charge in [-0.1, -0.05) is 34.6 Å². The third kappa shape index (κ3) is 8.41. The Morgan fingerprint density at radius 3 is 2.49 bits per heavy atom. The molecule has 1 N–H and O–H groups in total. The maximum Gasteiger partial charge on any atom is 0.380 e. The smallest absolute Gasteiger partial charge is 0.380 e. The third-order valence-corrected chi connectivity index (χ3v) is 5.53. The lowest BCUT2D eigenvalue weighted by molar-refractivity contribution is -2.00. The van der Waals surface area contributed by atoms with Gasteiger partial charge in [-0.25, -0.2) is 23.6 Å². The lowest BCUT2D eigenvalue weighted by Gasteiger charge is -2.17. The Kier molecular flexibility index (Phi) is 8.98. The van der Waals surface area contributed by atoms with E-state index >= 15 is 0 Å². The zero-order valence-electron chi connectivity index (χ0n) is 18.6. The second-order valence-corrected chi connectivity index (χ2v) is 9.21. The Labute approximate surface area is 211 Å². The summed E-state index contributed by atoms with van der Waals surface area (Å²) in [5.74, 6) is 0.438. The summed E-state index contributed by atoms with van der Waals surface area (Å²) in [7, 11) is -4.94. The molecule has 0 saturated heterocycles. The molecule has 0 atom stereocenters. The topological polar surface area (TPSA) is 159 Å². The third-order valence-electron chi connectivity index (χ3n) is 4.47. The number of hydrogen-bond donors (Lipinski definition) is 1. The van der Waals surface area contributed by atoms with Gasteiger partial charge in [0.05, 0.1) is 12.0 Å². The van der Waals surface area contributed by atoms with Gasteiger partial charge in [0, 0.05) is 22.0 Å². The number of aryl methyl sites for hydroxylation is 1. The van der Waals surface area contributed by atoms with Crippen LogP contribution < -0.4 is 29.0 Å². The number of esters is 1. The van der Waals surface area contributed by atoms with Crippen molar-refractivity contribution < 1.29 is 47.8 Å². The minimum Gasteiger partial charge on any atom is -0.466 e. The van der Waals surface area contributed by atoms with Crippen LogP contribution in [0.1, 0.15) is 18.2 Å². The molecule has 12 heteroatoms. The van der Waals surface area contributed by atoms with Gasteiger partial charge in [0.15, 0.2) is 5.69 Å². The highest BCUT2D eigenvalue weighted by molar-refractivity contribution is 7.12. The number of nitrogens with zero attached hydrogens (tertiary/aromatic N) is 1. The Hall–Kier alpha value is -2.83. The molecule has 0 aliphatic rings. The molecule has 35 heavy (non-hydrogen) atoms. The highest BCUT2D eigenvalue weighted by Gasteiger charge is 2.15. The lowest BCUT2D eigenvalue weighted by Crippen LogP contribution is -2.70. The van der Waals surface area contributed by atoms with Crippen LogP contribution in [0.15, 0.2) is 58.3 Å². The molecule has 4 rings (SSSR count). The first kappa shape index (κ1) is 26.8. The number of nitrogens with one attached hydrogen (secondary N) is 1. The van der Waals surface area contributed by atoms with Gasteiger partial charge in [0.2, 0.25) is 0 Å². The first-order valence-corrected chi connectivity index (χ1v) is 12.6. The summed E-state index contributed by atoms with van der Waals surface area (Å²) >= 11 is 7.47. The molecule has 2 heterocycles. The second-order valence-electron chi connectivity index (χ2n) is 7.16. The average molecular weight is 539 g/mol. The molecule has 0 radical (unpaired) electrons. The van der Waals surface area contributed by atoms with E-state index in [1.165, 1.54) is 11.3 Å². The van der Waals surface area contributed by atoms with Crippen molar-refractivity contribution in [3.05, 3.63) is 75.5 Å². The first-order chi connectivity index (χ1) is 16.5. The fourth-order valence-electron chi connectivity index (χ4n) is 3.08. The SMILES string of the molecule is CCOC(=O)Cc1csc(/[NH+]=c2\cc(-c3ccc(Cl)cc3)oc3ccc(C)cc23)n1.[O-][Cl+3]([O-])([O-])[O-]. The van der Waals surface area contributed by atoms with Crippen molar-refractivity contribution in [3.8, 4) is 11.3 Å². The van der Waals surface area contributed by atoms with Gasteiger partial charge in [0.25, 0.3) is 0 Å². The van der Waals surface area contributed by atoms with Gasteiger partial charge in [-0.15, -0.1) is 10.2 Å². The van der Waals surface area contributed by atoms with Gasteiger partial charge in [-0.3, -0.25) is 4.79 Å². The highest BCUT2D eigenvalue weighted by Crippen LogP contribution is 2.24. The van der Waals surface area contributed by atoms with Crippen molar-refractivity contribution in [2.45, 2.75) is 20.3 Å². The quantitative estimate of drug-likeness (QED) is 0.322. The van der Waals surface area contributed by atoms with E-state index in [4.69, 9.17) is 39.4 Å². The normalized spacial score (nSPS) is 11.8. The van der Waals surface area contributed by atoms with Gasteiger partial charge >= 0.3 is 11.1 Å². The summed E-state index contributed by atoms with van der Waals surface area (Å²) in [6.45, 7) is 4.19. The maximum atomic E-state index is 11.7. The van der Waals surface area contributed by atoms with E-state index in [1.807, 2.05) is 54.8 Å². The van der Waals surface area contributed by atoms with E-state index in [1.54, 1.807) is 6.92 Å². The van der Waals surface area contributed by atoms with Gasteiger partial charge in [0.1, 0.15) is 23.1 Å². The number of benzene rings is 2. The summed E-state index contributed by atoms with van der Waals surface area (Å²) in [5, 5.41) is 5.06. The Bertz CT molecular complexity index is 1370. The molecule has 0 aliphatic carbocycles. The minimum atomic E-state index is -4.94. The van der Waals surface area contributed by atoms with Crippen LogP contribution in [0.2, 0.25) is 5.02 Å². The number of rotatable bonds is 5. The summed E-state index contributed by atoms with van der Waals surface area (Å²) < 4.78 is 45.1. The van der Waals surface area contributed by atoms with Gasteiger partial charge in [-0.2, -0.15) is 0 Å². The van der Waals surface area contributed by atoms with E-state index in [-0.39, 0.29) is 12.4 Å². The number of halogens is 2. The van der Waals surface area contributed by atoms with Gasteiger partial charge < -0.3 is 9.15 Å². The molecule has 2 aromatic heterocycles. The number of fused-ring (bicyclic) bond motifs is 1. The predicted octanol–water partition coefficient (Wildman–Crippen LogP) is -0.819. The van der Waals surface area contributed by atoms with E-state index in [0.717, 1.165) is 27.5 Å². The second kappa shape index (κ2) is 11.7. The zero-order chi connectivity index (χ0) is 25.6. The van der Waals surface area contributed by atoms with E-state index in [2.05, 4.69) is 16.0 Å². The molecule has 0 aliphatic heterocycles. The van der Waals surface area contributed by atoms with Crippen LogP contribution in [0.3, 0.4) is 0 Å². The molecule has 0 spiro atoms. The largest absolute Gasteiger partial charge is 0.466 e. The number of ether oxygens (including phenoxy) is 1. The minimum absolute atomic E-state index is 0.159. The van der Waals surface area contributed by atoms with E-state index < -0.39 is 10.2 Å². The van der Waals surface area contributed by atoms with Gasteiger partial charge in [-0.05, 0) is 55.2 Å². The fourth-order valence-corrected chi connectivity index (χ4v) is 3.93. The predicted molar refractivity (Wildman–Crippen MR) is 118 cm³/mol. The molecular weight excluding hydrogens is 519 g/mol. The van der Waals surface area contributed by atoms with Crippen LogP contribution >= 0.6 is 22.9 Å². The van der Waals surface area contributed by atoms with Crippen molar-refractivity contribution in [2.75, 3.05) is 6.61 Å². The molecule has 184 valence electrons. The molecular formula is C23H20Cl2N2O7S. The van der Waals surface area contributed by atoms with Crippen molar-refractivity contribution in [1.29, 1.82) is 0 Å². The lowest BCUT2D eigenvalue weighted by atomic mass is 10.1. The molecule has 0 unspecified atom stereocenters. The van der Waals surface area contributed by atoms with Crippen LogP contribution in [0.4, 0.5) is 5.13 Å². The van der Waals surface area contributed by atoms with E-state index in [9.17, 15) is 4.79 Å². The number of carbonyl (C=O) groups is 1. The van der Waals surface area contributed by atoms with Crippen molar-refractivity contribution in [1.82, 2.24) is 4.98 Å². The van der Waals surface area contributed by atoms with Crippen molar-refractivity contribution >= 4 is 45.0 Å². The first-order valence-electron chi connectivity index (χ1n) is 10.1. The maximum absolute atomic E-state index is 11.7. The monoisotopic (exact) mass is 538 g/mol. The molecule has 0 saturated carbocycles. The molecule has 0 bridgehead atoms. The number of thiazole rings is 1. The summed E-state index contributed by atoms with van der Waals surface area (Å²) in [6, 6.07) is 15.5. The van der Waals surface area contributed by atoms with Crippen LogP contribution in [0.25, 0.3) is 22.3 Å². The van der Waals surface area contributed by atoms with Crippen LogP contribution in [0, 0.1) is 17.2 Å². The summed E-state index contributed by atoms with van der Waals surface area (Å²) in [4.78, 5) is 19.6. The zero-order valence-corrected chi connectivity index (χ0v) is 20.9. The standard InChI is InChI=1S/C23H19ClN2O3S.ClHO4/c1-3-28-22(27)11-17-13-30-23(25-17)26-19-12-21(15-5-7-16(24)8-6-15)29-20-9-4-14(2)10-18(19)20;2-1(3,4)5/h4-10,12-13H,3,11H2,1-2H3;(H,2,3,4,5)/b26-19+;. The summed E-state index contributed by atoms with van der Waals surface area (Å²) in [6.07, 6.45) is 0.159. The summed E-state index contributed by atoms with van der Waals surface area (Å²) in [5.41, 5.74) is 3.49.